The molecule has 0 heterocycles. The molecule has 3 fully saturated rings. The van der Waals surface area contributed by atoms with Crippen LogP contribution in [0.4, 0.5) is 4.39 Å². The Kier molecular flexibility index (Phi) is 1.01. The second-order valence-corrected chi connectivity index (χ2v) is 3.94. The molecule has 0 saturated heterocycles. The quantitative estimate of drug-likeness (QED) is 0.503. The number of fused-ring (bicyclic) bond motifs is 2. The Labute approximate surface area is 59.6 Å². The molecule has 0 aromatic carbocycles. The fourth-order valence-corrected chi connectivity index (χ4v) is 2.38. The SMILES string of the molecule is CC12CC(=O)CC(C1)C2F. The smallest absolute Gasteiger partial charge is 0.133 e. The number of rotatable bonds is 0. The molecular weight excluding hydrogens is 131 g/mol. The van der Waals surface area contributed by atoms with Gasteiger partial charge in [-0.2, -0.15) is 0 Å². The minimum atomic E-state index is -0.690. The number of alkyl halides is 1. The fraction of sp³-hybridized carbons (Fsp3) is 0.875. The van der Waals surface area contributed by atoms with E-state index in [1.165, 1.54) is 0 Å². The van der Waals surface area contributed by atoms with Crippen LogP contribution >= 0.6 is 0 Å². The topological polar surface area (TPSA) is 17.1 Å². The van der Waals surface area contributed by atoms with Crippen LogP contribution in [0.5, 0.6) is 0 Å². The molecule has 0 spiro atoms. The monoisotopic (exact) mass is 142 g/mol. The zero-order chi connectivity index (χ0) is 7.35. The first-order chi connectivity index (χ1) is 4.62. The number of halogens is 1. The predicted molar refractivity (Wildman–Crippen MR) is 35.4 cm³/mol. The average molecular weight is 142 g/mol. The summed E-state index contributed by atoms with van der Waals surface area (Å²) in [5.74, 6) is 0.332. The van der Waals surface area contributed by atoms with Gasteiger partial charge in [0, 0.05) is 18.3 Å². The van der Waals surface area contributed by atoms with Crippen LogP contribution in [0.15, 0.2) is 0 Å². The molecule has 0 N–H and O–H groups in total. The van der Waals surface area contributed by atoms with Crippen molar-refractivity contribution in [3.05, 3.63) is 0 Å². The van der Waals surface area contributed by atoms with Crippen molar-refractivity contribution in [2.45, 2.75) is 32.4 Å². The molecule has 0 aromatic rings. The molecular formula is C8H11FO. The minimum Gasteiger partial charge on any atom is -0.300 e. The van der Waals surface area contributed by atoms with E-state index in [1.54, 1.807) is 0 Å². The Balaban J connectivity index is 2.19. The molecule has 2 bridgehead atoms. The summed E-state index contributed by atoms with van der Waals surface area (Å²) in [5, 5.41) is 0. The fourth-order valence-electron chi connectivity index (χ4n) is 2.38. The molecule has 2 heteroatoms. The lowest BCUT2D eigenvalue weighted by Crippen LogP contribution is -2.54. The first-order valence-electron chi connectivity index (χ1n) is 3.78. The van der Waals surface area contributed by atoms with Gasteiger partial charge >= 0.3 is 0 Å². The van der Waals surface area contributed by atoms with Crippen molar-refractivity contribution in [3.8, 4) is 0 Å². The van der Waals surface area contributed by atoms with Gasteiger partial charge in [-0.25, -0.2) is 4.39 Å². The number of hydrogen-bond donors (Lipinski definition) is 0. The number of Topliss-reactive ketones (excluding diaryl/α,β-unsaturated/α-hetero) is 1. The molecule has 10 heavy (non-hydrogen) atoms. The van der Waals surface area contributed by atoms with Crippen LogP contribution in [-0.4, -0.2) is 12.0 Å². The summed E-state index contributed by atoms with van der Waals surface area (Å²) >= 11 is 0. The van der Waals surface area contributed by atoms with Gasteiger partial charge in [-0.15, -0.1) is 0 Å². The van der Waals surface area contributed by atoms with Crippen molar-refractivity contribution in [2.24, 2.45) is 11.3 Å². The van der Waals surface area contributed by atoms with Gasteiger partial charge in [0.15, 0.2) is 0 Å². The summed E-state index contributed by atoms with van der Waals surface area (Å²) in [6, 6.07) is 0. The van der Waals surface area contributed by atoms with Crippen molar-refractivity contribution >= 4 is 5.78 Å². The lowest BCUT2D eigenvalue weighted by atomic mass is 9.53. The minimum absolute atomic E-state index is 0.0752. The molecule has 3 aliphatic rings. The van der Waals surface area contributed by atoms with E-state index in [0.29, 0.717) is 12.8 Å². The van der Waals surface area contributed by atoms with Crippen LogP contribution < -0.4 is 0 Å². The van der Waals surface area contributed by atoms with Crippen LogP contribution in [0.1, 0.15) is 26.2 Å². The van der Waals surface area contributed by atoms with Crippen molar-refractivity contribution < 1.29 is 9.18 Å². The van der Waals surface area contributed by atoms with Gasteiger partial charge in [0.2, 0.25) is 0 Å². The molecule has 1 nitrogen and oxygen atoms in total. The summed E-state index contributed by atoms with van der Waals surface area (Å²) in [4.78, 5) is 10.9. The normalized spacial score (nSPS) is 52.4. The van der Waals surface area contributed by atoms with Crippen molar-refractivity contribution in [1.29, 1.82) is 0 Å². The van der Waals surface area contributed by atoms with E-state index >= 15 is 0 Å². The Morgan fingerprint density at radius 2 is 2.40 bits per heavy atom. The van der Waals surface area contributed by atoms with Gasteiger partial charge in [0.05, 0.1) is 0 Å². The van der Waals surface area contributed by atoms with Gasteiger partial charge in [-0.1, -0.05) is 6.92 Å². The molecule has 56 valence electrons. The van der Waals surface area contributed by atoms with Crippen LogP contribution in [-0.2, 0) is 4.79 Å². The molecule has 0 radical (unpaired) electrons. The first kappa shape index (κ1) is 6.32. The summed E-state index contributed by atoms with van der Waals surface area (Å²) in [7, 11) is 0. The summed E-state index contributed by atoms with van der Waals surface area (Å²) in [6.07, 6.45) is 1.21. The van der Waals surface area contributed by atoms with Crippen LogP contribution in [0, 0.1) is 11.3 Å². The third kappa shape index (κ3) is 0.594. The summed E-state index contributed by atoms with van der Waals surface area (Å²) in [6.45, 7) is 1.88. The van der Waals surface area contributed by atoms with E-state index in [1.807, 2.05) is 6.92 Å². The Morgan fingerprint density at radius 1 is 1.70 bits per heavy atom. The maximum Gasteiger partial charge on any atom is 0.133 e. The van der Waals surface area contributed by atoms with Gasteiger partial charge in [-0.3, -0.25) is 4.79 Å². The largest absolute Gasteiger partial charge is 0.300 e. The Morgan fingerprint density at radius 3 is 2.80 bits per heavy atom. The van der Waals surface area contributed by atoms with E-state index in [-0.39, 0.29) is 17.1 Å². The predicted octanol–water partition coefficient (Wildman–Crippen LogP) is 1.71. The number of carbonyl (C=O) groups is 1. The van der Waals surface area contributed by atoms with Crippen LogP contribution in [0.2, 0.25) is 0 Å². The Bertz CT molecular complexity index is 190. The highest BCUT2D eigenvalue weighted by atomic mass is 19.1. The lowest BCUT2D eigenvalue weighted by molar-refractivity contribution is -0.147. The van der Waals surface area contributed by atoms with Crippen molar-refractivity contribution in [3.63, 3.8) is 0 Å². The van der Waals surface area contributed by atoms with Crippen molar-refractivity contribution in [1.82, 2.24) is 0 Å². The summed E-state index contributed by atoms with van der Waals surface area (Å²) < 4.78 is 13.0. The van der Waals surface area contributed by atoms with E-state index < -0.39 is 6.17 Å². The standard InChI is InChI=1S/C8H11FO/c1-8-3-5(7(8)9)2-6(10)4-8/h5,7H,2-4H2,1H3. The highest BCUT2D eigenvalue weighted by Gasteiger charge is 2.56. The average Bonchev–Trinajstić information content (AvgIpc) is 1.85. The second kappa shape index (κ2) is 1.60. The number of ketones is 1. The number of hydrogen-bond acceptors (Lipinski definition) is 1. The van der Waals surface area contributed by atoms with Crippen LogP contribution in [0.25, 0.3) is 0 Å². The molecule has 0 aliphatic heterocycles. The van der Waals surface area contributed by atoms with E-state index in [0.717, 1.165) is 6.42 Å². The number of carbonyl (C=O) groups excluding carboxylic acids is 1. The molecule has 3 unspecified atom stereocenters. The lowest BCUT2D eigenvalue weighted by Gasteiger charge is -2.52. The molecule has 0 aromatic heterocycles. The van der Waals surface area contributed by atoms with E-state index in [4.69, 9.17) is 0 Å². The van der Waals surface area contributed by atoms with E-state index in [2.05, 4.69) is 0 Å². The van der Waals surface area contributed by atoms with Crippen molar-refractivity contribution in [2.75, 3.05) is 0 Å². The molecule has 3 saturated carbocycles. The molecule has 3 rings (SSSR count). The molecule has 3 atom stereocenters. The van der Waals surface area contributed by atoms with Gasteiger partial charge in [-0.05, 0) is 12.3 Å². The highest BCUT2D eigenvalue weighted by molar-refractivity contribution is 5.81. The van der Waals surface area contributed by atoms with Gasteiger partial charge in [0.25, 0.3) is 0 Å². The highest BCUT2D eigenvalue weighted by Crippen LogP contribution is 2.55. The second-order valence-electron chi connectivity index (χ2n) is 3.94. The Hall–Kier alpha value is -0.400. The molecule has 3 aliphatic carbocycles. The van der Waals surface area contributed by atoms with Gasteiger partial charge < -0.3 is 0 Å². The maximum absolute atomic E-state index is 13.0. The zero-order valence-electron chi connectivity index (χ0n) is 6.06. The van der Waals surface area contributed by atoms with Crippen LogP contribution in [0.3, 0.4) is 0 Å². The maximum atomic E-state index is 13.0. The third-order valence-electron chi connectivity index (χ3n) is 2.90. The first-order valence-corrected chi connectivity index (χ1v) is 3.78. The summed E-state index contributed by atoms with van der Waals surface area (Å²) in [5.41, 5.74) is -0.264. The van der Waals surface area contributed by atoms with E-state index in [9.17, 15) is 9.18 Å². The third-order valence-corrected chi connectivity index (χ3v) is 2.90. The zero-order valence-corrected chi connectivity index (χ0v) is 6.06. The van der Waals surface area contributed by atoms with Gasteiger partial charge in [0.1, 0.15) is 12.0 Å². The molecule has 0 amide bonds.